The van der Waals surface area contributed by atoms with Gasteiger partial charge in [0.05, 0.1) is 37.9 Å². The summed E-state index contributed by atoms with van der Waals surface area (Å²) in [5, 5.41) is 40.3. The Labute approximate surface area is 249 Å². The summed E-state index contributed by atoms with van der Waals surface area (Å²) >= 11 is 0. The van der Waals surface area contributed by atoms with Gasteiger partial charge in [-0.3, -0.25) is 9.11 Å². The highest BCUT2D eigenvalue weighted by Gasteiger charge is 2.16. The Morgan fingerprint density at radius 2 is 0.932 bits per heavy atom. The Bertz CT molecular complexity index is 2420. The van der Waals surface area contributed by atoms with E-state index in [-0.39, 0.29) is 38.5 Å². The number of phenolic OH excluding ortho intramolecular Hbond substituents is 2. The van der Waals surface area contributed by atoms with Gasteiger partial charge in [0, 0.05) is 21.5 Å². The van der Waals surface area contributed by atoms with Crippen molar-refractivity contribution in [2.45, 2.75) is 9.79 Å². The van der Waals surface area contributed by atoms with E-state index in [0.717, 1.165) is 17.5 Å². The van der Waals surface area contributed by atoms with Crippen LogP contribution in [0.5, 0.6) is 11.5 Å². The number of phenols is 2. The lowest BCUT2D eigenvalue weighted by atomic mass is 10.1. The first-order valence-corrected chi connectivity index (χ1v) is 15.6. The van der Waals surface area contributed by atoms with Crippen LogP contribution in [0, 0.1) is 0 Å². The summed E-state index contributed by atoms with van der Waals surface area (Å²) in [5.41, 5.74) is 1.17. The van der Waals surface area contributed by atoms with E-state index in [1.54, 1.807) is 24.3 Å². The summed E-state index contributed by atoms with van der Waals surface area (Å²) in [6, 6.07) is 23.7. The van der Waals surface area contributed by atoms with Crippen LogP contribution in [0.4, 0.5) is 22.7 Å². The van der Waals surface area contributed by atoms with Gasteiger partial charge in [-0.2, -0.15) is 16.8 Å². The van der Waals surface area contributed by atoms with E-state index in [4.69, 9.17) is 0 Å². The van der Waals surface area contributed by atoms with Crippen LogP contribution in [0.15, 0.2) is 127 Å². The van der Waals surface area contributed by atoms with Gasteiger partial charge in [0.15, 0.2) is 0 Å². The molecule has 0 aliphatic heterocycles. The molecule has 0 atom stereocenters. The average molecular weight is 629 g/mol. The minimum absolute atomic E-state index is 0.0337. The van der Waals surface area contributed by atoms with Crippen LogP contribution >= 0.6 is 0 Å². The molecule has 220 valence electrons. The second-order valence-electron chi connectivity index (χ2n) is 9.62. The Hall–Kier alpha value is -5.28. The second-order valence-corrected chi connectivity index (χ2v) is 12.5. The zero-order valence-electron chi connectivity index (χ0n) is 22.3. The Morgan fingerprint density at radius 1 is 0.455 bits per heavy atom. The number of nitrogens with zero attached hydrogens (tertiary/aromatic N) is 4. The van der Waals surface area contributed by atoms with Crippen LogP contribution in [-0.2, 0) is 20.2 Å². The molecule has 0 unspecified atom stereocenters. The number of aromatic hydroxyl groups is 2. The first kappa shape index (κ1) is 28.8. The third-order valence-electron chi connectivity index (χ3n) is 6.87. The maximum absolute atomic E-state index is 11.9. The van der Waals surface area contributed by atoms with E-state index in [9.17, 15) is 36.2 Å². The van der Waals surface area contributed by atoms with Gasteiger partial charge < -0.3 is 10.2 Å². The molecule has 0 aliphatic rings. The van der Waals surface area contributed by atoms with Crippen molar-refractivity contribution in [2.24, 2.45) is 20.5 Å². The normalized spacial score (nSPS) is 12.7. The summed E-state index contributed by atoms with van der Waals surface area (Å²) in [6.07, 6.45) is 0. The van der Waals surface area contributed by atoms with Crippen molar-refractivity contribution in [2.75, 3.05) is 0 Å². The standard InChI is InChI=1S/C30H20N4O8S2/c35-28-14-13-25(21-10-8-19(16-23(21)28)44(40,41)42)31-33-26-12-11-24(20-9-7-18(15-22(20)26)43(37,38)39)32-34-27-5-1-3-17-4-2-6-29(36)30(17)27/h1-16,35-36H,(H,37,38,39)(H,40,41,42). The van der Waals surface area contributed by atoms with Crippen molar-refractivity contribution in [1.82, 2.24) is 0 Å². The van der Waals surface area contributed by atoms with Gasteiger partial charge in [-0.1, -0.05) is 36.4 Å². The number of benzene rings is 6. The van der Waals surface area contributed by atoms with Crippen molar-refractivity contribution >= 4 is 75.3 Å². The van der Waals surface area contributed by atoms with E-state index in [1.165, 1.54) is 48.5 Å². The lowest BCUT2D eigenvalue weighted by Crippen LogP contribution is -1.97. The van der Waals surface area contributed by atoms with Crippen LogP contribution in [0.25, 0.3) is 32.3 Å². The maximum Gasteiger partial charge on any atom is 0.294 e. The molecule has 0 saturated heterocycles. The molecule has 0 heterocycles. The summed E-state index contributed by atoms with van der Waals surface area (Å²) < 4.78 is 66.1. The number of fused-ring (bicyclic) bond motifs is 3. The highest BCUT2D eigenvalue weighted by Crippen LogP contribution is 2.40. The fourth-order valence-corrected chi connectivity index (χ4v) is 5.79. The van der Waals surface area contributed by atoms with Crippen molar-refractivity contribution < 1.29 is 36.2 Å². The fourth-order valence-electron chi connectivity index (χ4n) is 4.78. The Kier molecular flexibility index (Phi) is 7.05. The van der Waals surface area contributed by atoms with Crippen LogP contribution in [0.1, 0.15) is 0 Å². The molecule has 0 bridgehead atoms. The van der Waals surface area contributed by atoms with Crippen molar-refractivity contribution in [3.05, 3.63) is 97.1 Å². The van der Waals surface area contributed by atoms with Gasteiger partial charge in [-0.25, -0.2) is 0 Å². The van der Waals surface area contributed by atoms with E-state index in [2.05, 4.69) is 20.5 Å². The van der Waals surface area contributed by atoms with E-state index in [0.29, 0.717) is 27.5 Å². The summed E-state index contributed by atoms with van der Waals surface area (Å²) in [7, 11) is -9.10. The van der Waals surface area contributed by atoms with Gasteiger partial charge in [0.25, 0.3) is 20.2 Å². The van der Waals surface area contributed by atoms with Gasteiger partial charge in [0.1, 0.15) is 11.5 Å². The maximum atomic E-state index is 11.9. The molecule has 0 saturated carbocycles. The first-order chi connectivity index (χ1) is 20.9. The summed E-state index contributed by atoms with van der Waals surface area (Å²) in [5.74, 6) is -0.214. The highest BCUT2D eigenvalue weighted by molar-refractivity contribution is 7.86. The average Bonchev–Trinajstić information content (AvgIpc) is 2.98. The molecular formula is C30H20N4O8S2. The molecule has 4 N–H and O–H groups in total. The van der Waals surface area contributed by atoms with Gasteiger partial charge >= 0.3 is 0 Å². The molecule has 0 spiro atoms. The van der Waals surface area contributed by atoms with Gasteiger partial charge in [-0.05, 0) is 66.0 Å². The lowest BCUT2D eigenvalue weighted by molar-refractivity contribution is 0.479. The predicted octanol–water partition coefficient (Wildman–Crippen LogP) is 7.88. The van der Waals surface area contributed by atoms with E-state index < -0.39 is 25.1 Å². The van der Waals surface area contributed by atoms with Crippen LogP contribution in [-0.4, -0.2) is 36.2 Å². The van der Waals surface area contributed by atoms with E-state index in [1.807, 2.05) is 12.1 Å². The predicted molar refractivity (Wildman–Crippen MR) is 163 cm³/mol. The summed E-state index contributed by atoms with van der Waals surface area (Å²) in [6.45, 7) is 0. The molecule has 0 amide bonds. The van der Waals surface area contributed by atoms with E-state index >= 15 is 0 Å². The van der Waals surface area contributed by atoms with Crippen molar-refractivity contribution in [1.29, 1.82) is 0 Å². The third kappa shape index (κ3) is 5.45. The number of azo groups is 2. The number of rotatable bonds is 6. The monoisotopic (exact) mass is 628 g/mol. The Balaban J connectivity index is 1.48. The molecule has 0 radical (unpaired) electrons. The number of hydrogen-bond acceptors (Lipinski definition) is 10. The smallest absolute Gasteiger partial charge is 0.294 e. The third-order valence-corrected chi connectivity index (χ3v) is 8.57. The SMILES string of the molecule is O=S(=O)(O)c1ccc2c(N=Nc3ccc(N=Nc4cccc5cccc(O)c45)c4ccc(S(=O)(=O)O)cc34)ccc(O)c2c1. The number of hydrogen-bond donors (Lipinski definition) is 4. The van der Waals surface area contributed by atoms with Crippen molar-refractivity contribution in [3.63, 3.8) is 0 Å². The fraction of sp³-hybridized carbons (Fsp3) is 0. The lowest BCUT2D eigenvalue weighted by Gasteiger charge is -2.08. The first-order valence-electron chi connectivity index (χ1n) is 12.7. The molecule has 14 heteroatoms. The molecule has 6 aromatic rings. The molecule has 0 aromatic heterocycles. The second kappa shape index (κ2) is 10.8. The molecule has 12 nitrogen and oxygen atoms in total. The zero-order chi connectivity index (χ0) is 31.2. The largest absolute Gasteiger partial charge is 0.507 e. The molecular weight excluding hydrogens is 608 g/mol. The minimum atomic E-state index is -4.58. The quantitative estimate of drug-likeness (QED) is 0.105. The minimum Gasteiger partial charge on any atom is -0.507 e. The topological polar surface area (TPSA) is 199 Å². The van der Waals surface area contributed by atoms with Gasteiger partial charge in [-0.15, -0.1) is 20.5 Å². The summed E-state index contributed by atoms with van der Waals surface area (Å²) in [4.78, 5) is -0.802. The van der Waals surface area contributed by atoms with Crippen LogP contribution in [0.3, 0.4) is 0 Å². The van der Waals surface area contributed by atoms with Crippen molar-refractivity contribution in [3.8, 4) is 11.5 Å². The Morgan fingerprint density at radius 3 is 1.52 bits per heavy atom. The van der Waals surface area contributed by atoms with Gasteiger partial charge in [0.2, 0.25) is 0 Å². The van der Waals surface area contributed by atoms with Crippen LogP contribution in [0.2, 0.25) is 0 Å². The molecule has 0 aliphatic carbocycles. The van der Waals surface area contributed by atoms with Crippen LogP contribution < -0.4 is 0 Å². The zero-order valence-corrected chi connectivity index (χ0v) is 23.9. The molecule has 44 heavy (non-hydrogen) atoms. The molecule has 6 rings (SSSR count). The molecule has 0 fully saturated rings. The molecule has 6 aromatic carbocycles. The highest BCUT2D eigenvalue weighted by atomic mass is 32.2.